The maximum atomic E-state index is 12.7. The van der Waals surface area contributed by atoms with Gasteiger partial charge in [0, 0.05) is 17.4 Å². The highest BCUT2D eigenvalue weighted by atomic mass is 79.9. The number of nitrogens with one attached hydrogen (secondary N) is 3. The number of benzene rings is 1. The molecule has 29 heavy (non-hydrogen) atoms. The van der Waals surface area contributed by atoms with Gasteiger partial charge >= 0.3 is 6.03 Å². The number of imide groups is 1. The Morgan fingerprint density at radius 1 is 1.28 bits per heavy atom. The second kappa shape index (κ2) is 8.41. The van der Waals surface area contributed by atoms with Crippen molar-refractivity contribution >= 4 is 43.8 Å². The zero-order valence-electron chi connectivity index (χ0n) is 15.9. The largest absolute Gasteiger partial charge is 0.344 e. The number of carbonyl (C=O) groups excluding carboxylic acids is 3. The summed E-state index contributed by atoms with van der Waals surface area (Å²) in [5, 5.41) is 3.42. The molecule has 3 rings (SSSR count). The van der Waals surface area contributed by atoms with Crippen LogP contribution in [0, 0.1) is 5.92 Å². The third kappa shape index (κ3) is 4.62. The fourth-order valence-electron chi connectivity index (χ4n) is 3.54. The lowest BCUT2D eigenvalue weighted by Crippen LogP contribution is -2.51. The average Bonchev–Trinajstić information content (AvgIpc) is 2.88. The summed E-state index contributed by atoms with van der Waals surface area (Å²) in [6.07, 6.45) is 2.49. The van der Waals surface area contributed by atoms with E-state index in [4.69, 9.17) is 0 Å². The van der Waals surface area contributed by atoms with Gasteiger partial charge in [0.15, 0.2) is 0 Å². The Bertz CT molecular complexity index is 928. The number of nitrogens with zero attached hydrogens (tertiary/aromatic N) is 1. The molecule has 4 amide bonds. The molecule has 9 nitrogen and oxygen atoms in total. The Labute approximate surface area is 177 Å². The van der Waals surface area contributed by atoms with Crippen molar-refractivity contribution in [3.8, 4) is 0 Å². The van der Waals surface area contributed by atoms with Crippen LogP contribution in [0.3, 0.4) is 0 Å². The molecule has 1 aromatic rings. The number of hydrogen-bond donors (Lipinski definition) is 3. The molecule has 1 aliphatic carbocycles. The number of halogens is 1. The van der Waals surface area contributed by atoms with E-state index in [9.17, 15) is 22.8 Å². The molecule has 1 aromatic carbocycles. The van der Waals surface area contributed by atoms with E-state index in [1.165, 1.54) is 6.07 Å². The molecule has 0 aromatic heterocycles. The van der Waals surface area contributed by atoms with Gasteiger partial charge in [-0.05, 0) is 59.7 Å². The maximum Gasteiger partial charge on any atom is 0.344 e. The smallest absolute Gasteiger partial charge is 0.322 e. The molecule has 3 N–H and O–H groups in total. The summed E-state index contributed by atoms with van der Waals surface area (Å²) in [6, 6.07) is 5.65. The Balaban J connectivity index is 1.54. The van der Waals surface area contributed by atoms with E-state index in [-0.39, 0.29) is 17.9 Å². The number of rotatable bonds is 6. The lowest BCUT2D eigenvalue weighted by molar-refractivity contribution is -0.140. The summed E-state index contributed by atoms with van der Waals surface area (Å²) in [4.78, 5) is 37.1. The van der Waals surface area contributed by atoms with Gasteiger partial charge in [0.1, 0.15) is 5.54 Å². The van der Waals surface area contributed by atoms with Gasteiger partial charge in [-0.15, -0.1) is 0 Å². The van der Waals surface area contributed by atoms with Gasteiger partial charge in [-0.25, -0.2) is 17.9 Å². The summed E-state index contributed by atoms with van der Waals surface area (Å²) >= 11 is 3.18. The second-order valence-electron chi connectivity index (χ2n) is 7.45. The van der Waals surface area contributed by atoms with Gasteiger partial charge in [0.2, 0.25) is 15.9 Å². The van der Waals surface area contributed by atoms with Gasteiger partial charge < -0.3 is 5.32 Å². The minimum absolute atomic E-state index is 0.0583. The molecule has 0 bridgehead atoms. The second-order valence-corrected chi connectivity index (χ2v) is 10.0. The molecule has 1 spiro atoms. The summed E-state index contributed by atoms with van der Waals surface area (Å²) in [6.45, 7) is 1.92. The normalized spacial score (nSPS) is 24.6. The highest BCUT2D eigenvalue weighted by Gasteiger charge is 2.52. The van der Waals surface area contributed by atoms with E-state index in [2.05, 4.69) is 38.3 Å². The maximum absolute atomic E-state index is 12.7. The van der Waals surface area contributed by atoms with Crippen LogP contribution in [-0.4, -0.2) is 43.4 Å². The summed E-state index contributed by atoms with van der Waals surface area (Å²) in [5.74, 6) is -0.604. The summed E-state index contributed by atoms with van der Waals surface area (Å²) in [7, 11) is -3.80. The zero-order valence-corrected chi connectivity index (χ0v) is 18.3. The zero-order chi connectivity index (χ0) is 21.2. The van der Waals surface area contributed by atoms with Crippen molar-refractivity contribution in [1.29, 1.82) is 0 Å². The molecule has 1 aliphatic heterocycles. The first-order chi connectivity index (χ1) is 13.6. The van der Waals surface area contributed by atoms with Crippen molar-refractivity contribution in [3.63, 3.8) is 0 Å². The third-order valence-electron chi connectivity index (χ3n) is 5.30. The van der Waals surface area contributed by atoms with Gasteiger partial charge in [-0.1, -0.05) is 19.1 Å². The molecule has 158 valence electrons. The number of amides is 4. The van der Waals surface area contributed by atoms with Crippen molar-refractivity contribution in [2.45, 2.75) is 49.5 Å². The number of hydrogen-bond acceptors (Lipinski definition) is 5. The van der Waals surface area contributed by atoms with E-state index >= 15 is 0 Å². The Hall–Kier alpha value is -1.98. The van der Waals surface area contributed by atoms with Gasteiger partial charge in [0.05, 0.1) is 4.90 Å². The van der Waals surface area contributed by atoms with E-state index in [0.29, 0.717) is 28.2 Å². The molecule has 2 aliphatic rings. The lowest BCUT2D eigenvalue weighted by Gasteiger charge is -2.33. The third-order valence-corrected chi connectivity index (χ3v) is 7.77. The van der Waals surface area contributed by atoms with Crippen LogP contribution in [0.15, 0.2) is 33.6 Å². The average molecular weight is 487 g/mol. The predicted molar refractivity (Wildman–Crippen MR) is 108 cm³/mol. The predicted octanol–water partition coefficient (Wildman–Crippen LogP) is 1.65. The van der Waals surface area contributed by atoms with Crippen LogP contribution in [0.5, 0.6) is 0 Å². The first-order valence-corrected chi connectivity index (χ1v) is 11.6. The van der Waals surface area contributed by atoms with Gasteiger partial charge in [-0.2, -0.15) is 5.01 Å². The monoisotopic (exact) mass is 486 g/mol. The molecule has 11 heteroatoms. The van der Waals surface area contributed by atoms with Gasteiger partial charge in [-0.3, -0.25) is 15.0 Å². The first kappa shape index (κ1) is 21.7. The number of hydrazine groups is 1. The Kier molecular flexibility index (Phi) is 6.30. The van der Waals surface area contributed by atoms with Crippen LogP contribution in [0.4, 0.5) is 4.79 Å². The van der Waals surface area contributed by atoms with E-state index in [1.54, 1.807) is 18.2 Å². The van der Waals surface area contributed by atoms with Crippen molar-refractivity contribution < 1.29 is 22.8 Å². The molecule has 1 saturated carbocycles. The summed E-state index contributed by atoms with van der Waals surface area (Å²) < 4.78 is 27.4. The van der Waals surface area contributed by atoms with Gasteiger partial charge in [0.25, 0.3) is 5.91 Å². The molecular weight excluding hydrogens is 464 g/mol. The molecule has 2 fully saturated rings. The van der Waals surface area contributed by atoms with E-state index in [0.717, 1.165) is 12.8 Å². The van der Waals surface area contributed by atoms with Crippen LogP contribution in [0.2, 0.25) is 0 Å². The molecule has 1 saturated heterocycles. The topological polar surface area (TPSA) is 125 Å². The Morgan fingerprint density at radius 3 is 2.59 bits per heavy atom. The van der Waals surface area contributed by atoms with Crippen molar-refractivity contribution in [3.05, 3.63) is 28.7 Å². The highest BCUT2D eigenvalue weighted by molar-refractivity contribution is 9.10. The quantitative estimate of drug-likeness (QED) is 0.527. The van der Waals surface area contributed by atoms with Crippen LogP contribution < -0.4 is 15.5 Å². The van der Waals surface area contributed by atoms with Crippen LogP contribution >= 0.6 is 15.9 Å². The Morgan fingerprint density at radius 2 is 1.93 bits per heavy atom. The minimum atomic E-state index is -3.80. The SMILES string of the molecule is CC1CCC2(CC1)NC(=O)N(NC(=O)CCNS(=O)(=O)c1ccccc1Br)C2=O. The van der Waals surface area contributed by atoms with Crippen molar-refractivity contribution in [2.75, 3.05) is 6.54 Å². The first-order valence-electron chi connectivity index (χ1n) is 9.35. The van der Waals surface area contributed by atoms with E-state index < -0.39 is 33.4 Å². The molecular formula is C18H23BrN4O5S. The molecule has 1 heterocycles. The fourth-order valence-corrected chi connectivity index (χ4v) is 5.57. The van der Waals surface area contributed by atoms with Crippen molar-refractivity contribution in [1.82, 2.24) is 20.5 Å². The minimum Gasteiger partial charge on any atom is -0.322 e. The molecule has 0 atom stereocenters. The van der Waals surface area contributed by atoms with Crippen LogP contribution in [0.1, 0.15) is 39.0 Å². The van der Waals surface area contributed by atoms with Crippen molar-refractivity contribution in [2.24, 2.45) is 5.92 Å². The van der Waals surface area contributed by atoms with Crippen LogP contribution in [-0.2, 0) is 19.6 Å². The lowest BCUT2D eigenvalue weighted by atomic mass is 9.77. The molecule has 0 radical (unpaired) electrons. The standard InChI is InChI=1S/C18H23BrN4O5S/c1-12-6-9-18(10-7-12)16(25)23(17(26)21-18)22-15(24)8-11-20-29(27,28)14-5-3-2-4-13(14)19/h2-5,12,20H,6-11H2,1H3,(H,21,26)(H,22,24). The van der Waals surface area contributed by atoms with E-state index in [1.807, 2.05) is 0 Å². The number of urea groups is 1. The number of carbonyl (C=O) groups is 3. The highest BCUT2D eigenvalue weighted by Crippen LogP contribution is 2.35. The number of sulfonamides is 1. The summed E-state index contributed by atoms with van der Waals surface area (Å²) in [5.41, 5.74) is 1.34. The molecule has 0 unspecified atom stereocenters. The van der Waals surface area contributed by atoms with Crippen LogP contribution in [0.25, 0.3) is 0 Å². The fraction of sp³-hybridized carbons (Fsp3) is 0.500.